The van der Waals surface area contributed by atoms with E-state index in [1.807, 2.05) is 42.7 Å². The van der Waals surface area contributed by atoms with Crippen molar-refractivity contribution in [1.29, 1.82) is 0 Å². The molecule has 0 bridgehead atoms. The molecule has 1 heterocycles. The maximum Gasteiger partial charge on any atom is 0.176 e. The van der Waals surface area contributed by atoms with Crippen LogP contribution < -0.4 is 4.90 Å². The van der Waals surface area contributed by atoms with E-state index in [4.69, 9.17) is 9.94 Å². The summed E-state index contributed by atoms with van der Waals surface area (Å²) in [5, 5.41) is 11.6. The van der Waals surface area contributed by atoms with Crippen molar-refractivity contribution in [2.24, 2.45) is 5.16 Å². The van der Waals surface area contributed by atoms with E-state index in [1.54, 1.807) is 0 Å². The maximum atomic E-state index is 8.56. The second-order valence-corrected chi connectivity index (χ2v) is 5.04. The molecule has 1 unspecified atom stereocenters. The quantitative estimate of drug-likeness (QED) is 0.513. The summed E-state index contributed by atoms with van der Waals surface area (Å²) in [6.45, 7) is 0. The first kappa shape index (κ1) is 14.2. The molecular weight excluding hydrogens is 276 g/mol. The van der Waals surface area contributed by atoms with E-state index in [0.717, 1.165) is 23.4 Å². The van der Waals surface area contributed by atoms with Crippen molar-refractivity contribution in [3.05, 3.63) is 72.5 Å². The average Bonchev–Trinajstić information content (AvgIpc) is 3.01. The summed E-state index contributed by atoms with van der Waals surface area (Å²) in [5.41, 5.74) is 3.24. The first-order chi connectivity index (χ1) is 10.9. The second-order valence-electron chi connectivity index (χ2n) is 5.04. The first-order valence-corrected chi connectivity index (χ1v) is 7.31. The second kappa shape index (κ2) is 6.80. The predicted octanol–water partition coefficient (Wildman–Crippen LogP) is 4.09. The molecule has 2 aromatic carbocycles. The maximum absolute atomic E-state index is 8.56. The molecule has 0 saturated heterocycles. The lowest BCUT2D eigenvalue weighted by Crippen LogP contribution is -2.30. The number of hydrogen-bond acceptors (Lipinski definition) is 4. The zero-order chi connectivity index (χ0) is 15.2. The highest BCUT2D eigenvalue weighted by Gasteiger charge is 2.29. The van der Waals surface area contributed by atoms with Crippen molar-refractivity contribution in [3.63, 3.8) is 0 Å². The number of anilines is 1. The third-order valence-corrected chi connectivity index (χ3v) is 3.61. The topological polar surface area (TPSA) is 45.1 Å². The Morgan fingerprint density at radius 1 is 1.05 bits per heavy atom. The Hall–Kier alpha value is -2.75. The molecule has 3 rings (SSSR count). The molecule has 0 fully saturated rings. The standard InChI is InChI=1S/C18H18N2O2/c21-19-13-7-12-18-20(16-10-5-2-6-11-16)17(14-22-18)15-8-3-1-4-9-15/h1-6,8-11,13-14,18,21H,7,12H2. The minimum Gasteiger partial charge on any atom is -0.476 e. The van der Waals surface area contributed by atoms with Crippen LogP contribution in [0, 0.1) is 0 Å². The number of rotatable bonds is 5. The van der Waals surface area contributed by atoms with Gasteiger partial charge in [-0.3, -0.25) is 0 Å². The van der Waals surface area contributed by atoms with E-state index in [-0.39, 0.29) is 6.23 Å². The molecule has 4 heteroatoms. The van der Waals surface area contributed by atoms with E-state index in [9.17, 15) is 0 Å². The minimum atomic E-state index is -0.101. The minimum absolute atomic E-state index is 0.101. The van der Waals surface area contributed by atoms with Crippen LogP contribution in [-0.2, 0) is 4.74 Å². The van der Waals surface area contributed by atoms with E-state index < -0.39 is 0 Å². The summed E-state index contributed by atoms with van der Waals surface area (Å²) in [5.74, 6) is 0. The Balaban J connectivity index is 1.89. The summed E-state index contributed by atoms with van der Waals surface area (Å²) >= 11 is 0. The van der Waals surface area contributed by atoms with Crippen molar-refractivity contribution in [1.82, 2.24) is 0 Å². The van der Waals surface area contributed by atoms with Crippen molar-refractivity contribution in [3.8, 4) is 0 Å². The molecular formula is C18H18N2O2. The molecule has 0 amide bonds. The van der Waals surface area contributed by atoms with Gasteiger partial charge in [-0.15, -0.1) is 5.16 Å². The van der Waals surface area contributed by atoms with Crippen LogP contribution in [-0.4, -0.2) is 17.6 Å². The molecule has 4 nitrogen and oxygen atoms in total. The molecule has 0 aliphatic carbocycles. The fourth-order valence-corrected chi connectivity index (χ4v) is 2.60. The van der Waals surface area contributed by atoms with Gasteiger partial charge in [-0.1, -0.05) is 48.5 Å². The van der Waals surface area contributed by atoms with Gasteiger partial charge in [-0.2, -0.15) is 0 Å². The lowest BCUT2D eigenvalue weighted by atomic mass is 10.1. The summed E-state index contributed by atoms with van der Waals surface area (Å²) in [6.07, 6.45) is 4.60. The van der Waals surface area contributed by atoms with Crippen LogP contribution >= 0.6 is 0 Å². The highest BCUT2D eigenvalue weighted by Crippen LogP contribution is 2.35. The largest absolute Gasteiger partial charge is 0.476 e. The molecule has 1 aliphatic heterocycles. The van der Waals surface area contributed by atoms with E-state index in [1.165, 1.54) is 6.21 Å². The van der Waals surface area contributed by atoms with Gasteiger partial charge in [0.1, 0.15) is 6.26 Å². The van der Waals surface area contributed by atoms with Crippen LogP contribution in [0.25, 0.3) is 5.70 Å². The summed E-state index contributed by atoms with van der Waals surface area (Å²) < 4.78 is 5.85. The Morgan fingerprint density at radius 3 is 2.41 bits per heavy atom. The van der Waals surface area contributed by atoms with Gasteiger partial charge in [-0.05, 0) is 18.6 Å². The number of hydrogen-bond donors (Lipinski definition) is 1. The van der Waals surface area contributed by atoms with Gasteiger partial charge >= 0.3 is 0 Å². The first-order valence-electron chi connectivity index (χ1n) is 7.31. The summed E-state index contributed by atoms with van der Waals surface area (Å²) in [6, 6.07) is 20.4. The van der Waals surface area contributed by atoms with Gasteiger partial charge < -0.3 is 14.8 Å². The Labute approximate surface area is 129 Å². The molecule has 0 spiro atoms. The van der Waals surface area contributed by atoms with E-state index >= 15 is 0 Å². The van der Waals surface area contributed by atoms with Crippen LogP contribution in [0.4, 0.5) is 5.69 Å². The van der Waals surface area contributed by atoms with Crippen molar-refractivity contribution < 1.29 is 9.94 Å². The summed E-state index contributed by atoms with van der Waals surface area (Å²) in [4.78, 5) is 2.18. The Bertz CT molecular complexity index is 653. The normalized spacial score (nSPS) is 17.5. The van der Waals surface area contributed by atoms with Gasteiger partial charge in [-0.25, -0.2) is 0 Å². The van der Waals surface area contributed by atoms with Crippen molar-refractivity contribution in [2.75, 3.05) is 4.90 Å². The van der Waals surface area contributed by atoms with Gasteiger partial charge in [0.15, 0.2) is 6.23 Å². The van der Waals surface area contributed by atoms with Gasteiger partial charge in [0.05, 0.1) is 5.70 Å². The number of oxime groups is 1. The average molecular weight is 294 g/mol. The highest BCUT2D eigenvalue weighted by atomic mass is 16.5. The van der Waals surface area contributed by atoms with Gasteiger partial charge in [0, 0.05) is 23.9 Å². The zero-order valence-electron chi connectivity index (χ0n) is 12.2. The lowest BCUT2D eigenvalue weighted by molar-refractivity contribution is 0.164. The van der Waals surface area contributed by atoms with Crippen LogP contribution in [0.2, 0.25) is 0 Å². The third-order valence-electron chi connectivity index (χ3n) is 3.61. The van der Waals surface area contributed by atoms with Crippen LogP contribution in [0.3, 0.4) is 0 Å². The highest BCUT2D eigenvalue weighted by molar-refractivity contribution is 5.80. The number of para-hydroxylation sites is 1. The lowest BCUT2D eigenvalue weighted by Gasteiger charge is -2.27. The van der Waals surface area contributed by atoms with Crippen LogP contribution in [0.1, 0.15) is 18.4 Å². The molecule has 2 aromatic rings. The number of benzene rings is 2. The fraction of sp³-hybridized carbons (Fsp3) is 0.167. The third kappa shape index (κ3) is 2.96. The Kier molecular flexibility index (Phi) is 4.39. The smallest absolute Gasteiger partial charge is 0.176 e. The van der Waals surface area contributed by atoms with Crippen molar-refractivity contribution >= 4 is 17.6 Å². The molecule has 112 valence electrons. The fourth-order valence-electron chi connectivity index (χ4n) is 2.60. The molecule has 0 radical (unpaired) electrons. The zero-order valence-corrected chi connectivity index (χ0v) is 12.2. The molecule has 1 N–H and O–H groups in total. The molecule has 0 saturated carbocycles. The SMILES string of the molecule is ON=CCCC1OC=C(c2ccccc2)N1c1ccccc1. The van der Waals surface area contributed by atoms with E-state index in [0.29, 0.717) is 6.42 Å². The number of ether oxygens (including phenoxy) is 1. The molecule has 22 heavy (non-hydrogen) atoms. The summed E-state index contributed by atoms with van der Waals surface area (Å²) in [7, 11) is 0. The van der Waals surface area contributed by atoms with Crippen LogP contribution in [0.5, 0.6) is 0 Å². The number of nitrogens with zero attached hydrogens (tertiary/aromatic N) is 2. The predicted molar refractivity (Wildman–Crippen MR) is 87.7 cm³/mol. The van der Waals surface area contributed by atoms with Gasteiger partial charge in [0.2, 0.25) is 0 Å². The molecule has 1 atom stereocenters. The molecule has 1 aliphatic rings. The Morgan fingerprint density at radius 2 is 1.73 bits per heavy atom. The monoisotopic (exact) mass is 294 g/mol. The van der Waals surface area contributed by atoms with Crippen LogP contribution in [0.15, 0.2) is 72.1 Å². The molecule has 0 aromatic heterocycles. The van der Waals surface area contributed by atoms with Gasteiger partial charge in [0.25, 0.3) is 0 Å². The van der Waals surface area contributed by atoms with Crippen molar-refractivity contribution in [2.45, 2.75) is 19.1 Å². The van der Waals surface area contributed by atoms with E-state index in [2.05, 4.69) is 34.3 Å².